The maximum Gasteiger partial charge on any atom is 0.418 e. The monoisotopic (exact) mass is 388 g/mol. The molecule has 0 bridgehead atoms. The molecule has 0 amide bonds. The van der Waals surface area contributed by atoms with Gasteiger partial charge in [-0.05, 0) is 6.07 Å². The molecule has 2 heterocycles. The van der Waals surface area contributed by atoms with E-state index in [1.807, 2.05) is 0 Å². The Morgan fingerprint density at radius 2 is 1.93 bits per heavy atom. The number of para-hydroxylation sites is 1. The Morgan fingerprint density at radius 1 is 1.15 bits per heavy atom. The van der Waals surface area contributed by atoms with E-state index in [-0.39, 0.29) is 23.9 Å². The molecule has 0 atom stereocenters. The van der Waals surface area contributed by atoms with Gasteiger partial charge >= 0.3 is 12.1 Å². The molecule has 2 aromatic heterocycles. The number of benzene rings is 1. The zero-order valence-electron chi connectivity index (χ0n) is 14.6. The number of methoxy groups -OCH3 is 2. The number of rotatable bonds is 6. The first-order valence-electron chi connectivity index (χ1n) is 7.91. The molecule has 0 fully saturated rings. The summed E-state index contributed by atoms with van der Waals surface area (Å²) in [5.41, 5.74) is 0.890. The predicted octanol–water partition coefficient (Wildman–Crippen LogP) is 2.75. The Kier molecular flexibility index (Phi) is 5.63. The van der Waals surface area contributed by atoms with Crippen molar-refractivity contribution in [3.05, 3.63) is 52.1 Å². The van der Waals surface area contributed by atoms with Gasteiger partial charge < -0.3 is 14.2 Å². The fraction of sp³-hybridized carbons (Fsp3) is 0.222. The highest BCUT2D eigenvalue weighted by Gasteiger charge is 2.23. The lowest BCUT2D eigenvalue weighted by Gasteiger charge is -2.05. The molecule has 3 aromatic rings. The summed E-state index contributed by atoms with van der Waals surface area (Å²) < 4.78 is 15.9. The fourth-order valence-corrected chi connectivity index (χ4v) is 3.23. The van der Waals surface area contributed by atoms with Crippen molar-refractivity contribution in [3.8, 4) is 0 Å². The van der Waals surface area contributed by atoms with Crippen molar-refractivity contribution < 1.29 is 28.6 Å². The summed E-state index contributed by atoms with van der Waals surface area (Å²) in [6.45, 7) is 0.367. The van der Waals surface area contributed by atoms with E-state index in [0.717, 1.165) is 11.3 Å². The first-order chi connectivity index (χ1) is 13.1. The Morgan fingerprint density at radius 3 is 2.67 bits per heavy atom. The summed E-state index contributed by atoms with van der Waals surface area (Å²) in [6, 6.07) is 6.97. The number of carbonyl (C=O) groups is 3. The summed E-state index contributed by atoms with van der Waals surface area (Å²) in [4.78, 5) is 40.8. The van der Waals surface area contributed by atoms with Crippen LogP contribution in [0.3, 0.4) is 0 Å². The van der Waals surface area contributed by atoms with Crippen molar-refractivity contribution in [2.75, 3.05) is 27.4 Å². The Bertz CT molecular complexity index is 1010. The molecule has 140 valence electrons. The lowest BCUT2D eigenvalue weighted by Crippen LogP contribution is -2.15. The maximum absolute atomic E-state index is 12.9. The molecule has 0 N–H and O–H groups in total. The van der Waals surface area contributed by atoms with Crippen LogP contribution in [0.2, 0.25) is 0 Å². The molecule has 0 radical (unpaired) electrons. The third-order valence-corrected chi connectivity index (χ3v) is 4.60. The van der Waals surface area contributed by atoms with Crippen molar-refractivity contribution >= 4 is 40.1 Å². The summed E-state index contributed by atoms with van der Waals surface area (Å²) in [5.74, 6) is -1.01. The van der Waals surface area contributed by atoms with E-state index < -0.39 is 17.8 Å². The number of hydrogen-bond acceptors (Lipinski definition) is 8. The van der Waals surface area contributed by atoms with Gasteiger partial charge in [0.15, 0.2) is 10.7 Å². The molecule has 3 rings (SSSR count). The highest BCUT2D eigenvalue weighted by Crippen LogP contribution is 2.25. The molecule has 0 saturated heterocycles. The van der Waals surface area contributed by atoms with Crippen LogP contribution in [0.4, 0.5) is 4.79 Å². The lowest BCUT2D eigenvalue weighted by molar-refractivity contribution is 0.0595. The number of aromatic nitrogens is 2. The third-order valence-electron chi connectivity index (χ3n) is 3.76. The van der Waals surface area contributed by atoms with Crippen LogP contribution in [-0.2, 0) is 14.2 Å². The Labute approximate surface area is 158 Å². The number of thiazole rings is 1. The number of esters is 1. The van der Waals surface area contributed by atoms with Crippen molar-refractivity contribution in [1.82, 2.24) is 9.55 Å². The van der Waals surface area contributed by atoms with Crippen LogP contribution < -0.4 is 0 Å². The van der Waals surface area contributed by atoms with Gasteiger partial charge in [0.1, 0.15) is 6.61 Å². The van der Waals surface area contributed by atoms with Gasteiger partial charge in [-0.3, -0.25) is 9.36 Å². The van der Waals surface area contributed by atoms with Gasteiger partial charge in [-0.2, -0.15) is 0 Å². The standard InChI is InChI=1S/C18H16N2O6S/c1-24-7-8-26-18(23)20-9-12(11-5-3-4-6-14(11)20)15(21)16-19-13(10-27-16)17(22)25-2/h3-6,9-10H,7-8H2,1-2H3. The topological polar surface area (TPSA) is 96.7 Å². The van der Waals surface area contributed by atoms with Gasteiger partial charge in [0.05, 0.1) is 24.8 Å². The minimum atomic E-state index is -0.616. The highest BCUT2D eigenvalue weighted by atomic mass is 32.1. The number of carbonyl (C=O) groups excluding carboxylic acids is 3. The normalized spacial score (nSPS) is 10.7. The molecule has 0 aliphatic heterocycles. The molecule has 9 heteroatoms. The number of nitrogens with zero attached hydrogens (tertiary/aromatic N) is 2. The minimum absolute atomic E-state index is 0.0635. The highest BCUT2D eigenvalue weighted by molar-refractivity contribution is 7.12. The quantitative estimate of drug-likeness (QED) is 0.364. The second-order valence-corrected chi connectivity index (χ2v) is 6.25. The van der Waals surface area contributed by atoms with Gasteiger partial charge in [-0.15, -0.1) is 11.3 Å². The van der Waals surface area contributed by atoms with Crippen LogP contribution in [0.5, 0.6) is 0 Å². The first-order valence-corrected chi connectivity index (χ1v) is 8.79. The number of hydrogen-bond donors (Lipinski definition) is 0. The zero-order chi connectivity index (χ0) is 19.4. The molecule has 0 aliphatic rings. The fourth-order valence-electron chi connectivity index (χ4n) is 2.49. The molecule has 27 heavy (non-hydrogen) atoms. The van der Waals surface area contributed by atoms with Crippen molar-refractivity contribution in [1.29, 1.82) is 0 Å². The zero-order valence-corrected chi connectivity index (χ0v) is 15.4. The average Bonchev–Trinajstić information content (AvgIpc) is 3.32. The van der Waals surface area contributed by atoms with Crippen molar-refractivity contribution in [2.45, 2.75) is 0 Å². The second-order valence-electron chi connectivity index (χ2n) is 5.40. The number of fused-ring (bicyclic) bond motifs is 1. The predicted molar refractivity (Wildman–Crippen MR) is 97.4 cm³/mol. The number of ether oxygens (including phenoxy) is 3. The summed E-state index contributed by atoms with van der Waals surface area (Å²) in [5, 5.41) is 2.17. The maximum atomic E-state index is 12.9. The smallest absolute Gasteiger partial charge is 0.418 e. The van der Waals surface area contributed by atoms with Crippen molar-refractivity contribution in [3.63, 3.8) is 0 Å². The summed E-state index contributed by atoms with van der Waals surface area (Å²) >= 11 is 1.04. The van der Waals surface area contributed by atoms with Crippen LogP contribution in [0.25, 0.3) is 10.9 Å². The Hall–Kier alpha value is -3.04. The Balaban J connectivity index is 1.97. The number of ketones is 1. The molecular weight excluding hydrogens is 372 g/mol. The molecule has 0 aliphatic carbocycles. The van der Waals surface area contributed by atoms with Gasteiger partial charge in [0.25, 0.3) is 0 Å². The van der Waals surface area contributed by atoms with Gasteiger partial charge in [0.2, 0.25) is 5.78 Å². The summed E-state index contributed by atoms with van der Waals surface area (Å²) in [6.07, 6.45) is 0.804. The van der Waals surface area contributed by atoms with Crippen LogP contribution in [0, 0.1) is 0 Å². The van der Waals surface area contributed by atoms with Crippen LogP contribution in [0.1, 0.15) is 25.9 Å². The largest absolute Gasteiger partial charge is 0.464 e. The first kappa shape index (κ1) is 18.7. The average molecular weight is 388 g/mol. The van der Waals surface area contributed by atoms with Crippen LogP contribution in [-0.4, -0.2) is 54.8 Å². The van der Waals surface area contributed by atoms with Gasteiger partial charge in [0, 0.05) is 24.1 Å². The van der Waals surface area contributed by atoms with E-state index in [1.54, 1.807) is 24.3 Å². The molecule has 1 aromatic carbocycles. The van der Waals surface area contributed by atoms with E-state index in [4.69, 9.17) is 9.47 Å². The van der Waals surface area contributed by atoms with Crippen molar-refractivity contribution in [2.24, 2.45) is 0 Å². The molecule has 8 nitrogen and oxygen atoms in total. The third kappa shape index (κ3) is 3.74. The van der Waals surface area contributed by atoms with Gasteiger partial charge in [-0.1, -0.05) is 18.2 Å². The summed E-state index contributed by atoms with van der Waals surface area (Å²) in [7, 11) is 2.75. The molecule has 0 unspecified atom stereocenters. The molecule has 0 spiro atoms. The van der Waals surface area contributed by atoms with Crippen LogP contribution in [0.15, 0.2) is 35.8 Å². The van der Waals surface area contributed by atoms with E-state index in [1.165, 1.54) is 30.4 Å². The van der Waals surface area contributed by atoms with Gasteiger partial charge in [-0.25, -0.2) is 14.6 Å². The van der Waals surface area contributed by atoms with Crippen LogP contribution >= 0.6 is 11.3 Å². The molecule has 0 saturated carbocycles. The lowest BCUT2D eigenvalue weighted by atomic mass is 10.1. The molecular formula is C18H16N2O6S. The van der Waals surface area contributed by atoms with E-state index in [9.17, 15) is 14.4 Å². The minimum Gasteiger partial charge on any atom is -0.464 e. The van der Waals surface area contributed by atoms with E-state index >= 15 is 0 Å². The van der Waals surface area contributed by atoms with E-state index in [0.29, 0.717) is 16.5 Å². The SMILES string of the molecule is COCCOC(=O)n1cc(C(=O)c2nc(C(=O)OC)cs2)c2ccccc21. The van der Waals surface area contributed by atoms with E-state index in [2.05, 4.69) is 9.72 Å². The second kappa shape index (κ2) is 8.11.